The lowest BCUT2D eigenvalue weighted by Crippen LogP contribution is -2.39. The van der Waals surface area contributed by atoms with Gasteiger partial charge in [0.1, 0.15) is 24.2 Å². The first-order chi connectivity index (χ1) is 12.0. The van der Waals surface area contributed by atoms with Crippen molar-refractivity contribution in [3.63, 3.8) is 0 Å². The number of carbonyl (C=O) groups is 1. The van der Waals surface area contributed by atoms with Gasteiger partial charge >= 0.3 is 6.03 Å². The predicted octanol–water partition coefficient (Wildman–Crippen LogP) is 3.61. The zero-order valence-electron chi connectivity index (χ0n) is 14.5. The van der Waals surface area contributed by atoms with Crippen molar-refractivity contribution >= 4 is 11.7 Å². The van der Waals surface area contributed by atoms with E-state index in [1.807, 2.05) is 57.2 Å². The third-order valence-electron chi connectivity index (χ3n) is 3.81. The molecule has 0 saturated heterocycles. The number of amides is 2. The van der Waals surface area contributed by atoms with E-state index in [-0.39, 0.29) is 12.1 Å². The first-order valence-corrected chi connectivity index (χ1v) is 8.11. The van der Waals surface area contributed by atoms with Gasteiger partial charge in [-0.3, -0.25) is 0 Å². The summed E-state index contributed by atoms with van der Waals surface area (Å²) in [6, 6.07) is 11.1. The molecule has 25 heavy (non-hydrogen) atoms. The van der Waals surface area contributed by atoms with Crippen LogP contribution in [0.3, 0.4) is 0 Å². The number of nitrogens with one attached hydrogen (secondary N) is 1. The monoisotopic (exact) mass is 339 g/mol. The van der Waals surface area contributed by atoms with Crippen LogP contribution in [-0.2, 0) is 6.54 Å². The number of aryl methyl sites for hydroxylation is 1. The van der Waals surface area contributed by atoms with E-state index in [0.717, 1.165) is 22.9 Å². The van der Waals surface area contributed by atoms with Gasteiger partial charge in [-0.2, -0.15) is 5.10 Å². The zero-order chi connectivity index (χ0) is 17.8. The minimum Gasteiger partial charge on any atom is -0.464 e. The van der Waals surface area contributed by atoms with Gasteiger partial charge in [-0.25, -0.2) is 14.5 Å². The molecular formula is C18H21N5O2. The molecule has 3 rings (SSSR count). The van der Waals surface area contributed by atoms with Crippen LogP contribution in [0.2, 0.25) is 0 Å². The minimum absolute atomic E-state index is 0.0415. The molecule has 0 atom stereocenters. The lowest BCUT2D eigenvalue weighted by molar-refractivity contribution is 0.187. The lowest BCUT2D eigenvalue weighted by Gasteiger charge is -2.26. The molecule has 0 unspecified atom stereocenters. The Labute approximate surface area is 146 Å². The summed E-state index contributed by atoms with van der Waals surface area (Å²) in [7, 11) is 0. The molecule has 0 aliphatic rings. The lowest BCUT2D eigenvalue weighted by atomic mass is 10.2. The highest BCUT2D eigenvalue weighted by molar-refractivity contribution is 5.89. The van der Waals surface area contributed by atoms with Crippen LogP contribution < -0.4 is 5.32 Å². The van der Waals surface area contributed by atoms with Crippen molar-refractivity contribution in [1.82, 2.24) is 19.7 Å². The second-order valence-electron chi connectivity index (χ2n) is 6.05. The van der Waals surface area contributed by atoms with Crippen molar-refractivity contribution in [3.8, 4) is 5.69 Å². The average Bonchev–Trinajstić information content (AvgIpc) is 3.24. The third kappa shape index (κ3) is 4.06. The Morgan fingerprint density at radius 1 is 1.24 bits per heavy atom. The molecule has 0 radical (unpaired) electrons. The van der Waals surface area contributed by atoms with Crippen LogP contribution >= 0.6 is 0 Å². The van der Waals surface area contributed by atoms with Gasteiger partial charge < -0.3 is 14.6 Å². The molecule has 0 aliphatic carbocycles. The maximum atomic E-state index is 12.6. The van der Waals surface area contributed by atoms with E-state index in [1.54, 1.807) is 15.9 Å². The fourth-order valence-electron chi connectivity index (χ4n) is 2.46. The molecule has 2 amide bonds. The van der Waals surface area contributed by atoms with Crippen LogP contribution in [0, 0.1) is 6.92 Å². The fourth-order valence-corrected chi connectivity index (χ4v) is 2.46. The fraction of sp³-hybridized carbons (Fsp3) is 0.278. The maximum Gasteiger partial charge on any atom is 0.322 e. The van der Waals surface area contributed by atoms with Crippen LogP contribution in [0.1, 0.15) is 25.4 Å². The average molecular weight is 339 g/mol. The summed E-state index contributed by atoms with van der Waals surface area (Å²) in [6.45, 7) is 6.26. The highest BCUT2D eigenvalue weighted by Gasteiger charge is 2.19. The number of carbonyl (C=O) groups excluding carboxylic acids is 1. The molecule has 7 heteroatoms. The SMILES string of the molecule is Cc1ccc(CN(C(=O)Nc2ccc(-n3cncn3)cc2)C(C)C)o1. The highest BCUT2D eigenvalue weighted by atomic mass is 16.3. The van der Waals surface area contributed by atoms with Gasteiger partial charge in [-0.15, -0.1) is 0 Å². The molecule has 1 aromatic carbocycles. The van der Waals surface area contributed by atoms with Gasteiger partial charge in [0.2, 0.25) is 0 Å². The van der Waals surface area contributed by atoms with Crippen LogP contribution in [0.25, 0.3) is 5.69 Å². The van der Waals surface area contributed by atoms with Crippen LogP contribution in [0.4, 0.5) is 10.5 Å². The minimum atomic E-state index is -0.169. The Kier molecular flexibility index (Phi) is 4.83. The zero-order valence-corrected chi connectivity index (χ0v) is 14.5. The van der Waals surface area contributed by atoms with E-state index in [1.165, 1.54) is 6.33 Å². The summed E-state index contributed by atoms with van der Waals surface area (Å²) in [5.74, 6) is 1.60. The molecular weight excluding hydrogens is 318 g/mol. The number of furan rings is 1. The van der Waals surface area contributed by atoms with Gasteiger partial charge in [0.05, 0.1) is 12.2 Å². The van der Waals surface area contributed by atoms with Crippen LogP contribution in [0.15, 0.2) is 53.5 Å². The summed E-state index contributed by atoms with van der Waals surface area (Å²) in [5, 5.41) is 7.00. The van der Waals surface area contributed by atoms with E-state index in [4.69, 9.17) is 4.42 Å². The van der Waals surface area contributed by atoms with Crippen LogP contribution in [-0.4, -0.2) is 31.7 Å². The van der Waals surface area contributed by atoms with Crippen LogP contribution in [0.5, 0.6) is 0 Å². The Bertz CT molecular complexity index is 822. The second kappa shape index (κ2) is 7.21. The Hall–Kier alpha value is -3.09. The first kappa shape index (κ1) is 16.8. The van der Waals surface area contributed by atoms with Crippen molar-refractivity contribution in [2.45, 2.75) is 33.4 Å². The van der Waals surface area contributed by atoms with Gasteiger partial charge in [-0.1, -0.05) is 0 Å². The number of hydrogen-bond acceptors (Lipinski definition) is 4. The number of urea groups is 1. The molecule has 0 fully saturated rings. The topological polar surface area (TPSA) is 76.2 Å². The molecule has 1 N–H and O–H groups in total. The maximum absolute atomic E-state index is 12.6. The molecule has 2 heterocycles. The van der Waals surface area contributed by atoms with E-state index in [2.05, 4.69) is 15.4 Å². The number of anilines is 1. The normalized spacial score (nSPS) is 10.9. The molecule has 0 aliphatic heterocycles. The van der Waals surface area contributed by atoms with Crippen molar-refractivity contribution < 1.29 is 9.21 Å². The Balaban J connectivity index is 1.68. The summed E-state index contributed by atoms with van der Waals surface area (Å²) in [6.07, 6.45) is 3.10. The van der Waals surface area contributed by atoms with E-state index >= 15 is 0 Å². The number of benzene rings is 1. The molecule has 130 valence electrons. The van der Waals surface area contributed by atoms with E-state index in [0.29, 0.717) is 6.54 Å². The standard InChI is InChI=1S/C18H21N5O2/c1-13(2)22(10-17-9-4-14(3)25-17)18(24)21-15-5-7-16(8-6-15)23-12-19-11-20-23/h4-9,11-13H,10H2,1-3H3,(H,21,24). The van der Waals surface area contributed by atoms with E-state index < -0.39 is 0 Å². The summed E-state index contributed by atoms with van der Waals surface area (Å²) in [5.41, 5.74) is 1.59. The molecule has 3 aromatic rings. The van der Waals surface area contributed by atoms with E-state index in [9.17, 15) is 4.79 Å². The Morgan fingerprint density at radius 3 is 2.56 bits per heavy atom. The van der Waals surface area contributed by atoms with Crippen molar-refractivity contribution in [2.24, 2.45) is 0 Å². The van der Waals surface area contributed by atoms with Gasteiger partial charge in [0, 0.05) is 11.7 Å². The third-order valence-corrected chi connectivity index (χ3v) is 3.81. The second-order valence-corrected chi connectivity index (χ2v) is 6.05. The summed E-state index contributed by atoms with van der Waals surface area (Å²) >= 11 is 0. The van der Waals surface area contributed by atoms with Gasteiger partial charge in [-0.05, 0) is 57.2 Å². The van der Waals surface area contributed by atoms with Crippen molar-refractivity contribution in [2.75, 3.05) is 5.32 Å². The number of hydrogen-bond donors (Lipinski definition) is 1. The number of rotatable bonds is 5. The van der Waals surface area contributed by atoms with Crippen molar-refractivity contribution in [3.05, 3.63) is 60.6 Å². The number of nitrogens with zero attached hydrogens (tertiary/aromatic N) is 4. The molecule has 0 bridgehead atoms. The summed E-state index contributed by atoms with van der Waals surface area (Å²) in [4.78, 5) is 18.3. The quantitative estimate of drug-likeness (QED) is 0.770. The van der Waals surface area contributed by atoms with Crippen molar-refractivity contribution in [1.29, 1.82) is 0 Å². The largest absolute Gasteiger partial charge is 0.464 e. The molecule has 2 aromatic heterocycles. The Morgan fingerprint density at radius 2 is 2.00 bits per heavy atom. The molecule has 7 nitrogen and oxygen atoms in total. The number of aromatic nitrogens is 3. The highest BCUT2D eigenvalue weighted by Crippen LogP contribution is 2.16. The van der Waals surface area contributed by atoms with Gasteiger partial charge in [0.15, 0.2) is 0 Å². The first-order valence-electron chi connectivity index (χ1n) is 8.11. The van der Waals surface area contributed by atoms with Gasteiger partial charge in [0.25, 0.3) is 0 Å². The summed E-state index contributed by atoms with van der Waals surface area (Å²) < 4.78 is 7.24. The predicted molar refractivity (Wildman–Crippen MR) is 94.5 cm³/mol. The molecule has 0 spiro atoms. The molecule has 0 saturated carbocycles. The smallest absolute Gasteiger partial charge is 0.322 e.